The van der Waals surface area contributed by atoms with Gasteiger partial charge in [-0.15, -0.1) is 0 Å². The molecular weight excluding hydrogens is 253 g/mol. The summed E-state index contributed by atoms with van der Waals surface area (Å²) in [6.45, 7) is 0. The van der Waals surface area contributed by atoms with Crippen molar-refractivity contribution in [3.63, 3.8) is 0 Å². The molecule has 0 aliphatic carbocycles. The van der Waals surface area contributed by atoms with Crippen molar-refractivity contribution in [3.8, 4) is 5.75 Å². The molecule has 96 valence electrons. The summed E-state index contributed by atoms with van der Waals surface area (Å²) in [4.78, 5) is 21.6. The first-order valence-electron chi connectivity index (χ1n) is 5.28. The van der Waals surface area contributed by atoms with Crippen molar-refractivity contribution in [3.05, 3.63) is 70.0 Å². The number of hydrogen-bond acceptors (Lipinski definition) is 4. The van der Waals surface area contributed by atoms with Crippen LogP contribution in [0.25, 0.3) is 0 Å². The second-order valence-electron chi connectivity index (χ2n) is 3.65. The number of hydrogen-bond donors (Lipinski definition) is 0. The second kappa shape index (κ2) is 5.26. The van der Waals surface area contributed by atoms with Gasteiger partial charge in [0.05, 0.1) is 10.5 Å². The molecule has 6 heteroatoms. The number of esters is 1. The Balaban J connectivity index is 2.14. The molecule has 0 atom stereocenters. The Morgan fingerprint density at radius 2 is 1.84 bits per heavy atom. The van der Waals surface area contributed by atoms with Crippen LogP contribution in [0.1, 0.15) is 10.4 Å². The molecule has 0 aromatic heterocycles. The third-order valence-corrected chi connectivity index (χ3v) is 2.32. The van der Waals surface area contributed by atoms with E-state index in [4.69, 9.17) is 4.74 Å². The summed E-state index contributed by atoms with van der Waals surface area (Å²) in [7, 11) is 0. The maximum absolute atomic E-state index is 12.9. The van der Waals surface area contributed by atoms with E-state index in [0.29, 0.717) is 0 Å². The van der Waals surface area contributed by atoms with E-state index in [1.54, 1.807) is 0 Å². The fourth-order valence-electron chi connectivity index (χ4n) is 1.42. The van der Waals surface area contributed by atoms with Gasteiger partial charge in [-0.05, 0) is 24.3 Å². The van der Waals surface area contributed by atoms with E-state index in [1.165, 1.54) is 42.5 Å². The van der Waals surface area contributed by atoms with E-state index in [9.17, 15) is 19.3 Å². The van der Waals surface area contributed by atoms with Crippen molar-refractivity contribution in [2.45, 2.75) is 0 Å². The zero-order chi connectivity index (χ0) is 13.8. The van der Waals surface area contributed by atoms with Gasteiger partial charge < -0.3 is 4.74 Å². The van der Waals surface area contributed by atoms with Gasteiger partial charge in [-0.1, -0.05) is 6.07 Å². The molecule has 0 aliphatic rings. The van der Waals surface area contributed by atoms with Gasteiger partial charge in [-0.25, -0.2) is 9.18 Å². The molecule has 19 heavy (non-hydrogen) atoms. The number of halogens is 1. The molecule has 5 nitrogen and oxygen atoms in total. The lowest BCUT2D eigenvalue weighted by Crippen LogP contribution is -2.08. The van der Waals surface area contributed by atoms with Crippen LogP contribution in [0.4, 0.5) is 10.1 Å². The Labute approximate surface area is 107 Å². The summed E-state index contributed by atoms with van der Waals surface area (Å²) in [5, 5.41) is 10.5. The third-order valence-electron chi connectivity index (χ3n) is 2.32. The SMILES string of the molecule is O=C(Oc1cccc(F)c1)c1ccc([N+](=O)[O-])cc1. The molecule has 0 spiro atoms. The number of nitrogens with zero attached hydrogens (tertiary/aromatic N) is 1. The normalized spacial score (nSPS) is 9.95. The van der Waals surface area contributed by atoms with Crippen LogP contribution in [0.5, 0.6) is 5.75 Å². The van der Waals surface area contributed by atoms with Gasteiger partial charge >= 0.3 is 5.97 Å². The van der Waals surface area contributed by atoms with Crippen LogP contribution >= 0.6 is 0 Å². The van der Waals surface area contributed by atoms with E-state index >= 15 is 0 Å². The first-order valence-corrected chi connectivity index (χ1v) is 5.28. The average molecular weight is 261 g/mol. The summed E-state index contributed by atoms with van der Waals surface area (Å²) >= 11 is 0. The molecule has 0 unspecified atom stereocenters. The number of ether oxygens (including phenoxy) is 1. The predicted molar refractivity (Wildman–Crippen MR) is 64.5 cm³/mol. The van der Waals surface area contributed by atoms with Crippen LogP contribution in [0.15, 0.2) is 48.5 Å². The third kappa shape index (κ3) is 3.12. The molecule has 0 saturated heterocycles. The number of rotatable bonds is 3. The zero-order valence-electron chi connectivity index (χ0n) is 9.58. The van der Waals surface area contributed by atoms with Crippen LogP contribution in [-0.4, -0.2) is 10.9 Å². The average Bonchev–Trinajstić information content (AvgIpc) is 2.39. The fourth-order valence-corrected chi connectivity index (χ4v) is 1.42. The first kappa shape index (κ1) is 12.7. The molecular formula is C13H8FNO4. The smallest absolute Gasteiger partial charge is 0.343 e. The molecule has 0 heterocycles. The van der Waals surface area contributed by atoms with E-state index in [-0.39, 0.29) is 17.0 Å². The maximum atomic E-state index is 12.9. The first-order chi connectivity index (χ1) is 9.06. The van der Waals surface area contributed by atoms with Crippen LogP contribution in [0, 0.1) is 15.9 Å². The number of carbonyl (C=O) groups excluding carboxylic acids is 1. The van der Waals surface area contributed by atoms with Gasteiger partial charge in [0.15, 0.2) is 0 Å². The highest BCUT2D eigenvalue weighted by Crippen LogP contribution is 2.16. The van der Waals surface area contributed by atoms with Crippen molar-refractivity contribution >= 4 is 11.7 Å². The van der Waals surface area contributed by atoms with Crippen LogP contribution < -0.4 is 4.74 Å². The maximum Gasteiger partial charge on any atom is 0.343 e. The lowest BCUT2D eigenvalue weighted by Gasteiger charge is -2.03. The van der Waals surface area contributed by atoms with Gasteiger partial charge in [0, 0.05) is 18.2 Å². The Morgan fingerprint density at radius 1 is 1.16 bits per heavy atom. The number of non-ortho nitro benzene ring substituents is 1. The van der Waals surface area contributed by atoms with Crippen molar-refractivity contribution in [2.75, 3.05) is 0 Å². The molecule has 0 radical (unpaired) electrons. The van der Waals surface area contributed by atoms with Gasteiger partial charge in [-0.3, -0.25) is 10.1 Å². The van der Waals surface area contributed by atoms with E-state index in [1.807, 2.05) is 0 Å². The summed E-state index contributed by atoms with van der Waals surface area (Å²) in [5.74, 6) is -1.15. The van der Waals surface area contributed by atoms with Crippen molar-refractivity contribution in [1.29, 1.82) is 0 Å². The molecule has 2 aromatic rings. The van der Waals surface area contributed by atoms with Gasteiger partial charge in [0.25, 0.3) is 5.69 Å². The summed E-state index contributed by atoms with van der Waals surface area (Å²) in [6, 6.07) is 10.1. The lowest BCUT2D eigenvalue weighted by atomic mass is 10.2. The number of carbonyl (C=O) groups is 1. The summed E-state index contributed by atoms with van der Waals surface area (Å²) in [6.07, 6.45) is 0. The molecule has 2 aromatic carbocycles. The van der Waals surface area contributed by atoms with Crippen molar-refractivity contribution in [2.24, 2.45) is 0 Å². The number of nitro groups is 1. The minimum atomic E-state index is -0.708. The zero-order valence-corrected chi connectivity index (χ0v) is 9.58. The standard InChI is InChI=1S/C13H8FNO4/c14-10-2-1-3-12(8-10)19-13(16)9-4-6-11(7-5-9)15(17)18/h1-8H. The Morgan fingerprint density at radius 3 is 2.42 bits per heavy atom. The summed E-state index contributed by atoms with van der Waals surface area (Å²) < 4.78 is 17.8. The molecule has 0 amide bonds. The monoisotopic (exact) mass is 261 g/mol. The minimum absolute atomic E-state index is 0.0725. The van der Waals surface area contributed by atoms with E-state index < -0.39 is 16.7 Å². The number of nitro benzene ring substituents is 1. The van der Waals surface area contributed by atoms with Crippen molar-refractivity contribution < 1.29 is 18.8 Å². The topological polar surface area (TPSA) is 69.4 Å². The van der Waals surface area contributed by atoms with E-state index in [2.05, 4.69) is 0 Å². The lowest BCUT2D eigenvalue weighted by molar-refractivity contribution is -0.384. The highest BCUT2D eigenvalue weighted by Gasteiger charge is 2.11. The molecule has 0 bridgehead atoms. The molecule has 0 fully saturated rings. The fraction of sp³-hybridized carbons (Fsp3) is 0. The van der Waals surface area contributed by atoms with Crippen molar-refractivity contribution in [1.82, 2.24) is 0 Å². The summed E-state index contributed by atoms with van der Waals surface area (Å²) in [5.41, 5.74) is 0.0252. The quantitative estimate of drug-likeness (QED) is 0.368. The largest absolute Gasteiger partial charge is 0.423 e. The second-order valence-corrected chi connectivity index (χ2v) is 3.65. The molecule has 0 aliphatic heterocycles. The predicted octanol–water partition coefficient (Wildman–Crippen LogP) is 2.95. The van der Waals surface area contributed by atoms with Gasteiger partial charge in [0.1, 0.15) is 11.6 Å². The van der Waals surface area contributed by atoms with Gasteiger partial charge in [-0.2, -0.15) is 0 Å². The molecule has 0 N–H and O–H groups in total. The minimum Gasteiger partial charge on any atom is -0.423 e. The van der Waals surface area contributed by atoms with Crippen LogP contribution in [0.2, 0.25) is 0 Å². The van der Waals surface area contributed by atoms with Crippen LogP contribution in [0.3, 0.4) is 0 Å². The number of benzene rings is 2. The highest BCUT2D eigenvalue weighted by molar-refractivity contribution is 5.91. The Hall–Kier alpha value is -2.76. The highest BCUT2D eigenvalue weighted by atomic mass is 19.1. The van der Waals surface area contributed by atoms with Crippen LogP contribution in [-0.2, 0) is 0 Å². The Kier molecular flexibility index (Phi) is 3.51. The Bertz CT molecular complexity index is 625. The van der Waals surface area contributed by atoms with Gasteiger partial charge in [0.2, 0.25) is 0 Å². The molecule has 0 saturated carbocycles. The van der Waals surface area contributed by atoms with E-state index in [0.717, 1.165) is 6.07 Å². The molecule has 2 rings (SSSR count).